The molecule has 0 saturated carbocycles. The normalized spacial score (nSPS) is 10.4. The van der Waals surface area contributed by atoms with Crippen LogP contribution in [0, 0.1) is 5.41 Å². The number of hydrogen-bond acceptors (Lipinski definition) is 3. The molecule has 0 aliphatic heterocycles. The van der Waals surface area contributed by atoms with Crippen LogP contribution >= 0.6 is 12.4 Å². The average molecular weight is 281 g/mol. The molecular weight excluding hydrogens is 264 g/mol. The van der Waals surface area contributed by atoms with Gasteiger partial charge in [-0.2, -0.15) is 0 Å². The Morgan fingerprint density at radius 3 is 2.47 bits per heavy atom. The van der Waals surface area contributed by atoms with Gasteiger partial charge < -0.3 is 10.5 Å². The van der Waals surface area contributed by atoms with Crippen molar-refractivity contribution >= 4 is 30.3 Å². The minimum absolute atomic E-state index is 0. The number of hydrogen-bond donors (Lipinski definition) is 2. The molecule has 3 N–H and O–H groups in total. The molecule has 0 unspecified atom stereocenters. The summed E-state index contributed by atoms with van der Waals surface area (Å²) in [6.45, 7) is 2.14. The molecule has 0 aromatic heterocycles. The maximum atomic E-state index is 11.0. The van der Waals surface area contributed by atoms with Crippen LogP contribution in [-0.4, -0.2) is 18.4 Å². The lowest BCUT2D eigenvalue weighted by atomic mass is 10.1. The molecule has 1 aromatic rings. The summed E-state index contributed by atoms with van der Waals surface area (Å²) >= 11 is 0. The number of esters is 1. The van der Waals surface area contributed by atoms with E-state index in [1.165, 1.54) is 6.08 Å². The number of ether oxygens (including phenoxy) is 1. The third-order valence-corrected chi connectivity index (χ3v) is 2.14. The van der Waals surface area contributed by atoms with Crippen molar-refractivity contribution < 1.29 is 9.53 Å². The Balaban J connectivity index is 0.00000324. The van der Waals surface area contributed by atoms with Gasteiger partial charge >= 0.3 is 5.97 Å². The molecule has 0 heterocycles. The molecule has 1 aromatic carbocycles. The number of benzene rings is 1. The van der Waals surface area contributed by atoms with E-state index >= 15 is 0 Å². The molecule has 0 bridgehead atoms. The van der Waals surface area contributed by atoms with Crippen molar-refractivity contribution in [2.24, 2.45) is 5.73 Å². The molecule has 4 nitrogen and oxygen atoms in total. The van der Waals surface area contributed by atoms with Crippen LogP contribution in [-0.2, 0) is 9.53 Å². The van der Waals surface area contributed by atoms with Crippen molar-refractivity contribution in [2.45, 2.75) is 6.92 Å². The third kappa shape index (κ3) is 6.43. The van der Waals surface area contributed by atoms with Crippen LogP contribution in [0.2, 0.25) is 0 Å². The molecule has 0 fully saturated rings. The summed E-state index contributed by atoms with van der Waals surface area (Å²) in [7, 11) is 0. The van der Waals surface area contributed by atoms with E-state index in [2.05, 4.69) is 0 Å². The molecule has 1 rings (SSSR count). The maximum absolute atomic E-state index is 11.0. The summed E-state index contributed by atoms with van der Waals surface area (Å²) in [6, 6.07) is 7.25. The lowest BCUT2D eigenvalue weighted by Crippen LogP contribution is -2.10. The van der Waals surface area contributed by atoms with E-state index in [0.717, 1.165) is 5.56 Å². The summed E-state index contributed by atoms with van der Waals surface area (Å²) in [5.41, 5.74) is 7.01. The number of allylic oxidation sites excluding steroid dienone is 2. The molecule has 0 spiro atoms. The van der Waals surface area contributed by atoms with E-state index in [1.54, 1.807) is 31.2 Å². The number of nitrogens with one attached hydrogen (secondary N) is 1. The fourth-order valence-corrected chi connectivity index (χ4v) is 1.26. The van der Waals surface area contributed by atoms with Gasteiger partial charge in [-0.3, -0.25) is 5.41 Å². The quantitative estimate of drug-likeness (QED) is 0.286. The Morgan fingerprint density at radius 2 is 1.95 bits per heavy atom. The Labute approximate surface area is 118 Å². The highest BCUT2D eigenvalue weighted by Crippen LogP contribution is 2.05. The van der Waals surface area contributed by atoms with Gasteiger partial charge in [0.05, 0.1) is 6.61 Å². The molecule has 0 amide bonds. The molecule has 0 aliphatic carbocycles. The van der Waals surface area contributed by atoms with Crippen LogP contribution in [0.15, 0.2) is 42.5 Å². The first kappa shape index (κ1) is 16.9. The zero-order chi connectivity index (χ0) is 13.4. The Kier molecular flexibility index (Phi) is 7.97. The van der Waals surface area contributed by atoms with Gasteiger partial charge in [0.25, 0.3) is 0 Å². The SMILES string of the molecule is CCOC(=O)/C=C/C=C/c1ccc(C(=N)N)cc1.Cl. The number of amidine groups is 1. The minimum atomic E-state index is -0.353. The lowest BCUT2D eigenvalue weighted by Gasteiger charge is -1.98. The van der Waals surface area contributed by atoms with Crippen molar-refractivity contribution in [3.63, 3.8) is 0 Å². The summed E-state index contributed by atoms with van der Waals surface area (Å²) in [6.07, 6.45) is 6.58. The maximum Gasteiger partial charge on any atom is 0.330 e. The molecule has 19 heavy (non-hydrogen) atoms. The first-order valence-electron chi connectivity index (χ1n) is 5.59. The van der Waals surface area contributed by atoms with Crippen LogP contribution in [0.25, 0.3) is 6.08 Å². The van der Waals surface area contributed by atoms with E-state index in [4.69, 9.17) is 15.9 Å². The van der Waals surface area contributed by atoms with Crippen molar-refractivity contribution in [3.05, 3.63) is 53.6 Å². The highest BCUT2D eigenvalue weighted by atomic mass is 35.5. The van der Waals surface area contributed by atoms with Crippen molar-refractivity contribution in [3.8, 4) is 0 Å². The lowest BCUT2D eigenvalue weighted by molar-refractivity contribution is -0.137. The predicted octanol–water partition coefficient (Wildman–Crippen LogP) is 2.52. The zero-order valence-electron chi connectivity index (χ0n) is 10.6. The topological polar surface area (TPSA) is 76.2 Å². The van der Waals surface area contributed by atoms with E-state index in [0.29, 0.717) is 12.2 Å². The third-order valence-electron chi connectivity index (χ3n) is 2.14. The highest BCUT2D eigenvalue weighted by Gasteiger charge is 1.94. The van der Waals surface area contributed by atoms with Crippen LogP contribution in [0.5, 0.6) is 0 Å². The molecule has 5 heteroatoms. The first-order valence-corrected chi connectivity index (χ1v) is 5.59. The minimum Gasteiger partial charge on any atom is -0.463 e. The highest BCUT2D eigenvalue weighted by molar-refractivity contribution is 5.95. The smallest absolute Gasteiger partial charge is 0.330 e. The number of halogens is 1. The fourth-order valence-electron chi connectivity index (χ4n) is 1.26. The standard InChI is InChI=1S/C14H16N2O2.ClH/c1-2-18-13(17)6-4-3-5-11-7-9-12(10-8-11)14(15)16;/h3-10H,2H2,1H3,(H3,15,16);1H/b5-3+,6-4+;. The van der Waals surface area contributed by atoms with Crippen LogP contribution in [0.3, 0.4) is 0 Å². The van der Waals surface area contributed by atoms with Crippen molar-refractivity contribution in [1.29, 1.82) is 5.41 Å². The van der Waals surface area contributed by atoms with E-state index in [-0.39, 0.29) is 24.2 Å². The summed E-state index contributed by atoms with van der Waals surface area (Å²) < 4.78 is 4.74. The van der Waals surface area contributed by atoms with E-state index in [9.17, 15) is 4.79 Å². The number of nitrogen functional groups attached to an aromatic ring is 1. The van der Waals surface area contributed by atoms with Crippen molar-refractivity contribution in [2.75, 3.05) is 6.61 Å². The van der Waals surface area contributed by atoms with Crippen molar-refractivity contribution in [1.82, 2.24) is 0 Å². The Hall–Kier alpha value is -2.07. The fraction of sp³-hybridized carbons (Fsp3) is 0.143. The van der Waals surface area contributed by atoms with Gasteiger partial charge in [-0.1, -0.05) is 42.5 Å². The zero-order valence-corrected chi connectivity index (χ0v) is 11.4. The Morgan fingerprint density at radius 1 is 1.32 bits per heavy atom. The predicted molar refractivity (Wildman–Crippen MR) is 79.5 cm³/mol. The summed E-state index contributed by atoms with van der Waals surface area (Å²) in [5, 5.41) is 7.26. The van der Waals surface area contributed by atoms with Gasteiger partial charge in [0, 0.05) is 11.6 Å². The number of carbonyl (C=O) groups is 1. The van der Waals surface area contributed by atoms with Gasteiger partial charge in [0.15, 0.2) is 0 Å². The second-order valence-electron chi connectivity index (χ2n) is 3.51. The van der Waals surface area contributed by atoms with Gasteiger partial charge in [-0.25, -0.2) is 4.79 Å². The summed E-state index contributed by atoms with van der Waals surface area (Å²) in [5.74, 6) is -0.304. The molecule has 0 atom stereocenters. The Bertz CT molecular complexity index is 479. The number of rotatable bonds is 5. The van der Waals surface area contributed by atoms with Crippen LogP contribution in [0.4, 0.5) is 0 Å². The largest absolute Gasteiger partial charge is 0.463 e. The molecule has 0 radical (unpaired) electrons. The van der Waals surface area contributed by atoms with Gasteiger partial charge in [-0.05, 0) is 12.5 Å². The molecule has 0 saturated heterocycles. The van der Waals surface area contributed by atoms with E-state index in [1.807, 2.05) is 18.2 Å². The van der Waals surface area contributed by atoms with Gasteiger partial charge in [0.1, 0.15) is 5.84 Å². The second-order valence-corrected chi connectivity index (χ2v) is 3.51. The number of carbonyl (C=O) groups excluding carboxylic acids is 1. The van der Waals surface area contributed by atoms with Gasteiger partial charge in [-0.15, -0.1) is 12.4 Å². The van der Waals surface area contributed by atoms with Crippen LogP contribution < -0.4 is 5.73 Å². The average Bonchev–Trinajstić information content (AvgIpc) is 2.35. The molecule has 0 aliphatic rings. The summed E-state index contributed by atoms with van der Waals surface area (Å²) in [4.78, 5) is 11.0. The molecular formula is C14H17ClN2O2. The molecule has 102 valence electrons. The number of nitrogens with two attached hydrogens (primary N) is 1. The second kappa shape index (κ2) is 8.94. The van der Waals surface area contributed by atoms with Crippen LogP contribution in [0.1, 0.15) is 18.1 Å². The first-order chi connectivity index (χ1) is 8.63. The monoisotopic (exact) mass is 280 g/mol. The van der Waals surface area contributed by atoms with E-state index < -0.39 is 0 Å². The van der Waals surface area contributed by atoms with Gasteiger partial charge in [0.2, 0.25) is 0 Å².